The molecule has 0 atom stereocenters. The lowest BCUT2D eigenvalue weighted by Crippen LogP contribution is -2.36. The van der Waals surface area contributed by atoms with E-state index < -0.39 is 10.0 Å². The van der Waals surface area contributed by atoms with Gasteiger partial charge in [-0.1, -0.05) is 30.3 Å². The van der Waals surface area contributed by atoms with Crippen LogP contribution in [0.1, 0.15) is 40.7 Å². The maximum atomic E-state index is 13.1. The Morgan fingerprint density at radius 1 is 1.07 bits per heavy atom. The summed E-state index contributed by atoms with van der Waals surface area (Å²) in [5.74, 6) is -0.617. The van der Waals surface area contributed by atoms with Gasteiger partial charge in [0.05, 0.1) is 12.0 Å². The summed E-state index contributed by atoms with van der Waals surface area (Å²) < 4.78 is 32.3. The van der Waals surface area contributed by atoms with Crippen LogP contribution < -0.4 is 5.32 Å². The van der Waals surface area contributed by atoms with Crippen LogP contribution >= 0.6 is 0 Å². The standard InChI is InChI=1S/C22H26N2O5S/c1-29-21(25)11-4-5-13-23-22(26)18-9-6-10-20(15-18)30(27,28)24-14-12-17-7-2-3-8-19(17)16-24/h2-3,6-10,15H,4-5,11-14,16H2,1H3,(H,23,26). The van der Waals surface area contributed by atoms with E-state index in [1.165, 1.54) is 29.1 Å². The summed E-state index contributed by atoms with van der Waals surface area (Å²) in [6.45, 7) is 1.14. The molecule has 2 aromatic rings. The number of rotatable bonds is 8. The highest BCUT2D eigenvalue weighted by Gasteiger charge is 2.28. The molecule has 0 fully saturated rings. The first-order chi connectivity index (χ1) is 14.4. The number of carbonyl (C=O) groups is 2. The van der Waals surface area contributed by atoms with Gasteiger partial charge in [-0.15, -0.1) is 0 Å². The van der Waals surface area contributed by atoms with Gasteiger partial charge in [-0.05, 0) is 48.6 Å². The third-order valence-corrected chi connectivity index (χ3v) is 6.99. The number of hydrogen-bond donors (Lipinski definition) is 1. The Morgan fingerprint density at radius 2 is 1.83 bits per heavy atom. The Kier molecular flexibility index (Phi) is 7.23. The van der Waals surface area contributed by atoms with Crippen LogP contribution in [0.3, 0.4) is 0 Å². The minimum absolute atomic E-state index is 0.111. The van der Waals surface area contributed by atoms with E-state index in [1.54, 1.807) is 12.1 Å². The van der Waals surface area contributed by atoms with Gasteiger partial charge in [0, 0.05) is 31.6 Å². The maximum absolute atomic E-state index is 13.1. The summed E-state index contributed by atoms with van der Waals surface area (Å²) >= 11 is 0. The number of benzene rings is 2. The lowest BCUT2D eigenvalue weighted by Gasteiger charge is -2.28. The number of sulfonamides is 1. The second-order valence-electron chi connectivity index (χ2n) is 7.17. The Bertz CT molecular complexity index is 1020. The highest BCUT2D eigenvalue weighted by atomic mass is 32.2. The molecule has 0 saturated heterocycles. The number of carbonyl (C=O) groups excluding carboxylic acids is 2. The van der Waals surface area contributed by atoms with Gasteiger partial charge in [-0.25, -0.2) is 8.42 Å². The van der Waals surface area contributed by atoms with Crippen LogP contribution in [0.4, 0.5) is 0 Å². The number of nitrogens with one attached hydrogen (secondary N) is 1. The molecule has 8 heteroatoms. The summed E-state index contributed by atoms with van der Waals surface area (Å²) in [4.78, 5) is 23.6. The highest BCUT2D eigenvalue weighted by Crippen LogP contribution is 2.25. The van der Waals surface area contributed by atoms with Gasteiger partial charge in [0.15, 0.2) is 0 Å². The fourth-order valence-electron chi connectivity index (χ4n) is 3.42. The number of nitrogens with zero attached hydrogens (tertiary/aromatic N) is 1. The van der Waals surface area contributed by atoms with Crippen molar-refractivity contribution in [1.82, 2.24) is 9.62 Å². The van der Waals surface area contributed by atoms with Crippen LogP contribution in [0.5, 0.6) is 0 Å². The van der Waals surface area contributed by atoms with Crippen LogP contribution in [0.2, 0.25) is 0 Å². The highest BCUT2D eigenvalue weighted by molar-refractivity contribution is 7.89. The van der Waals surface area contributed by atoms with Gasteiger partial charge in [0.1, 0.15) is 0 Å². The molecule has 160 valence electrons. The molecule has 0 bridgehead atoms. The normalized spacial score (nSPS) is 14.0. The number of methoxy groups -OCH3 is 1. The monoisotopic (exact) mass is 430 g/mol. The third kappa shape index (κ3) is 5.25. The number of fused-ring (bicyclic) bond motifs is 1. The first-order valence-electron chi connectivity index (χ1n) is 9.94. The molecule has 0 saturated carbocycles. The van der Waals surface area contributed by atoms with Crippen molar-refractivity contribution in [2.24, 2.45) is 0 Å². The second kappa shape index (κ2) is 9.86. The molecular weight excluding hydrogens is 404 g/mol. The molecule has 0 radical (unpaired) electrons. The maximum Gasteiger partial charge on any atom is 0.305 e. The average molecular weight is 431 g/mol. The summed E-state index contributed by atoms with van der Waals surface area (Å²) in [6, 6.07) is 13.9. The predicted octanol–water partition coefficient (Wildman–Crippen LogP) is 2.51. The zero-order valence-electron chi connectivity index (χ0n) is 17.0. The molecule has 1 heterocycles. The summed E-state index contributed by atoms with van der Waals surface area (Å²) in [7, 11) is -2.36. The number of esters is 1. The average Bonchev–Trinajstić information content (AvgIpc) is 2.78. The van der Waals surface area contributed by atoms with Crippen LogP contribution in [0.15, 0.2) is 53.4 Å². The fourth-order valence-corrected chi connectivity index (χ4v) is 4.89. The molecular formula is C22H26N2O5S. The Balaban J connectivity index is 1.63. The van der Waals surface area contributed by atoms with Gasteiger partial charge in [0.25, 0.3) is 5.91 Å². The van der Waals surface area contributed by atoms with E-state index in [0.29, 0.717) is 50.9 Å². The molecule has 1 amide bonds. The lowest BCUT2D eigenvalue weighted by atomic mass is 10.0. The van der Waals surface area contributed by atoms with Crippen molar-refractivity contribution < 1.29 is 22.7 Å². The van der Waals surface area contributed by atoms with Crippen molar-refractivity contribution in [1.29, 1.82) is 0 Å². The predicted molar refractivity (Wildman–Crippen MR) is 112 cm³/mol. The third-order valence-electron chi connectivity index (χ3n) is 5.15. The van der Waals surface area contributed by atoms with Crippen LogP contribution in [0, 0.1) is 0 Å². The van der Waals surface area contributed by atoms with E-state index >= 15 is 0 Å². The van der Waals surface area contributed by atoms with E-state index in [9.17, 15) is 18.0 Å². The van der Waals surface area contributed by atoms with E-state index in [0.717, 1.165) is 5.56 Å². The van der Waals surface area contributed by atoms with Crippen molar-refractivity contribution in [3.8, 4) is 0 Å². The Labute approximate surface area is 177 Å². The largest absolute Gasteiger partial charge is 0.469 e. The number of hydrogen-bond acceptors (Lipinski definition) is 5. The van der Waals surface area contributed by atoms with Crippen molar-refractivity contribution in [3.05, 3.63) is 65.2 Å². The lowest BCUT2D eigenvalue weighted by molar-refractivity contribution is -0.140. The van der Waals surface area contributed by atoms with E-state index in [4.69, 9.17) is 0 Å². The van der Waals surface area contributed by atoms with Crippen molar-refractivity contribution in [2.75, 3.05) is 20.2 Å². The van der Waals surface area contributed by atoms with Gasteiger partial charge in [0.2, 0.25) is 10.0 Å². The minimum atomic E-state index is -3.70. The fraction of sp³-hybridized carbons (Fsp3) is 0.364. The van der Waals surface area contributed by atoms with E-state index in [1.807, 2.05) is 24.3 Å². The van der Waals surface area contributed by atoms with Crippen LogP contribution in [-0.4, -0.2) is 44.8 Å². The smallest absolute Gasteiger partial charge is 0.305 e. The second-order valence-corrected chi connectivity index (χ2v) is 9.11. The van der Waals surface area contributed by atoms with Crippen molar-refractivity contribution in [2.45, 2.75) is 37.1 Å². The number of unbranched alkanes of at least 4 members (excludes halogenated alkanes) is 1. The Hall–Kier alpha value is -2.71. The number of ether oxygens (including phenoxy) is 1. The zero-order chi connectivity index (χ0) is 21.6. The summed E-state index contributed by atoms with van der Waals surface area (Å²) in [6.07, 6.45) is 2.21. The number of amides is 1. The first kappa shape index (κ1) is 22.0. The quantitative estimate of drug-likeness (QED) is 0.513. The topological polar surface area (TPSA) is 92.8 Å². The molecule has 30 heavy (non-hydrogen) atoms. The molecule has 0 spiro atoms. The van der Waals surface area contributed by atoms with Crippen molar-refractivity contribution >= 4 is 21.9 Å². The molecule has 3 rings (SSSR count). The van der Waals surface area contributed by atoms with Gasteiger partial charge >= 0.3 is 5.97 Å². The minimum Gasteiger partial charge on any atom is -0.469 e. The summed E-state index contributed by atoms with van der Waals surface area (Å²) in [5.41, 5.74) is 2.47. The molecule has 1 N–H and O–H groups in total. The molecule has 0 unspecified atom stereocenters. The molecule has 7 nitrogen and oxygen atoms in total. The van der Waals surface area contributed by atoms with E-state index in [2.05, 4.69) is 10.1 Å². The molecule has 0 aliphatic carbocycles. The molecule has 0 aromatic heterocycles. The Morgan fingerprint density at radius 3 is 2.60 bits per heavy atom. The van der Waals surface area contributed by atoms with E-state index in [-0.39, 0.29) is 16.8 Å². The molecule has 1 aliphatic heterocycles. The van der Waals surface area contributed by atoms with Gasteiger partial charge in [-0.3, -0.25) is 9.59 Å². The van der Waals surface area contributed by atoms with Gasteiger partial charge < -0.3 is 10.1 Å². The van der Waals surface area contributed by atoms with Crippen LogP contribution in [-0.2, 0) is 32.5 Å². The SMILES string of the molecule is COC(=O)CCCCNC(=O)c1cccc(S(=O)(=O)N2CCc3ccccc3C2)c1. The van der Waals surface area contributed by atoms with Crippen LogP contribution in [0.25, 0.3) is 0 Å². The van der Waals surface area contributed by atoms with Crippen molar-refractivity contribution in [3.63, 3.8) is 0 Å². The first-order valence-corrected chi connectivity index (χ1v) is 11.4. The zero-order valence-corrected chi connectivity index (χ0v) is 17.8. The molecule has 1 aliphatic rings. The molecule has 2 aromatic carbocycles. The summed E-state index contributed by atoms with van der Waals surface area (Å²) in [5, 5.41) is 2.76. The van der Waals surface area contributed by atoms with Gasteiger partial charge in [-0.2, -0.15) is 4.31 Å².